The van der Waals surface area contributed by atoms with Crippen molar-refractivity contribution in [2.45, 2.75) is 51.3 Å². The lowest BCUT2D eigenvalue weighted by molar-refractivity contribution is 0.0213. The minimum atomic E-state index is -0.567. The fourth-order valence-corrected chi connectivity index (χ4v) is 3.89. The molecule has 0 N–H and O–H groups in total. The van der Waals surface area contributed by atoms with Crippen LogP contribution in [0.1, 0.15) is 56.1 Å². The molecule has 2 unspecified atom stereocenters. The van der Waals surface area contributed by atoms with E-state index in [9.17, 15) is 4.79 Å². The van der Waals surface area contributed by atoms with E-state index in [4.69, 9.17) is 4.74 Å². The van der Waals surface area contributed by atoms with Crippen LogP contribution in [0.2, 0.25) is 0 Å². The zero-order valence-electron chi connectivity index (χ0n) is 17.6. The highest BCUT2D eigenvalue weighted by atomic mass is 16.6. The number of likely N-dealkylation sites (tertiary alicyclic amines) is 1. The second-order valence-electron chi connectivity index (χ2n) is 8.67. The first kappa shape index (κ1) is 20.1. The first-order valence-electron chi connectivity index (χ1n) is 10.3. The van der Waals surface area contributed by atoms with Crippen molar-refractivity contribution in [2.24, 2.45) is 0 Å². The molecule has 0 bridgehead atoms. The van der Waals surface area contributed by atoms with Gasteiger partial charge in [0.05, 0.1) is 12.6 Å². The zero-order valence-corrected chi connectivity index (χ0v) is 17.6. The van der Waals surface area contributed by atoms with E-state index >= 15 is 0 Å². The Balaban J connectivity index is 1.63. The molecule has 1 saturated heterocycles. The summed E-state index contributed by atoms with van der Waals surface area (Å²) in [7, 11) is 0. The lowest BCUT2D eigenvalue weighted by Crippen LogP contribution is -2.37. The molecule has 2 heterocycles. The predicted octanol–water partition coefficient (Wildman–Crippen LogP) is 4.19. The van der Waals surface area contributed by atoms with Crippen LogP contribution in [0.25, 0.3) is 0 Å². The van der Waals surface area contributed by atoms with E-state index < -0.39 is 5.60 Å². The molecule has 7 heteroatoms. The number of hydrogen-bond donors (Lipinski definition) is 0. The van der Waals surface area contributed by atoms with Gasteiger partial charge in [0.2, 0.25) is 0 Å². The van der Waals surface area contributed by atoms with Gasteiger partial charge in [0, 0.05) is 12.5 Å². The monoisotopic (exact) mass is 405 g/mol. The quantitative estimate of drug-likeness (QED) is 0.651. The van der Waals surface area contributed by atoms with Gasteiger partial charge in [-0.3, -0.25) is 4.90 Å². The molecule has 0 saturated carbocycles. The number of carbonyl (C=O) groups excluding carboxylic acids is 1. The Hall–Kier alpha value is -3.22. The average molecular weight is 406 g/mol. The Morgan fingerprint density at radius 3 is 2.40 bits per heavy atom. The highest BCUT2D eigenvalue weighted by molar-refractivity contribution is 5.69. The van der Waals surface area contributed by atoms with Crippen LogP contribution < -0.4 is 0 Å². The molecule has 1 aliphatic rings. The summed E-state index contributed by atoms with van der Waals surface area (Å²) < 4.78 is 7.48. The standard InChI is InChI=1S/C23H27N5O2/c1-23(2,3)30-22(29)27-16-19(18-12-8-5-9-13-18)14-20(27)21-24-25-26-28(21)15-17-10-6-4-7-11-17/h4-13,19-20H,14-16H2,1-3H3. The van der Waals surface area contributed by atoms with E-state index in [1.165, 1.54) is 5.56 Å². The van der Waals surface area contributed by atoms with Crippen molar-refractivity contribution in [1.82, 2.24) is 25.1 Å². The molecular formula is C23H27N5O2. The molecule has 2 atom stereocenters. The number of amides is 1. The van der Waals surface area contributed by atoms with Crippen molar-refractivity contribution in [3.05, 3.63) is 77.6 Å². The molecule has 30 heavy (non-hydrogen) atoms. The fraction of sp³-hybridized carbons (Fsp3) is 0.391. The van der Waals surface area contributed by atoms with Crippen molar-refractivity contribution in [2.75, 3.05) is 6.54 Å². The zero-order chi connectivity index (χ0) is 21.1. The van der Waals surface area contributed by atoms with Crippen molar-refractivity contribution >= 4 is 6.09 Å². The smallest absolute Gasteiger partial charge is 0.410 e. The third-order valence-electron chi connectivity index (χ3n) is 5.23. The van der Waals surface area contributed by atoms with Crippen LogP contribution in [0.5, 0.6) is 0 Å². The highest BCUT2D eigenvalue weighted by Crippen LogP contribution is 2.40. The van der Waals surface area contributed by atoms with E-state index in [1.807, 2.05) is 69.3 Å². The van der Waals surface area contributed by atoms with Gasteiger partial charge in [0.25, 0.3) is 0 Å². The van der Waals surface area contributed by atoms with Gasteiger partial charge in [-0.2, -0.15) is 0 Å². The minimum absolute atomic E-state index is 0.200. The summed E-state index contributed by atoms with van der Waals surface area (Å²) in [6.45, 7) is 6.76. The molecule has 0 radical (unpaired) electrons. The molecule has 1 fully saturated rings. The Morgan fingerprint density at radius 2 is 1.73 bits per heavy atom. The summed E-state index contributed by atoms with van der Waals surface area (Å²) >= 11 is 0. The number of ether oxygens (including phenoxy) is 1. The molecular weight excluding hydrogens is 378 g/mol. The molecule has 0 aliphatic carbocycles. The lowest BCUT2D eigenvalue weighted by Gasteiger charge is -2.28. The van der Waals surface area contributed by atoms with Crippen LogP contribution in [0.4, 0.5) is 4.79 Å². The third kappa shape index (κ3) is 4.50. The molecule has 2 aromatic carbocycles. The van der Waals surface area contributed by atoms with Crippen molar-refractivity contribution in [3.8, 4) is 0 Å². The number of aromatic nitrogens is 4. The number of benzene rings is 2. The maximum Gasteiger partial charge on any atom is 0.410 e. The topological polar surface area (TPSA) is 73.1 Å². The molecule has 0 spiro atoms. The molecule has 3 aromatic rings. The van der Waals surface area contributed by atoms with Gasteiger partial charge in [0.15, 0.2) is 5.82 Å². The van der Waals surface area contributed by atoms with Crippen LogP contribution in [-0.2, 0) is 11.3 Å². The molecule has 4 rings (SSSR count). The first-order valence-corrected chi connectivity index (χ1v) is 10.3. The normalized spacial score (nSPS) is 19.1. The van der Waals surface area contributed by atoms with E-state index in [0.717, 1.165) is 12.0 Å². The molecule has 1 amide bonds. The Labute approximate surface area is 176 Å². The Bertz CT molecular complexity index is 982. The van der Waals surface area contributed by atoms with Gasteiger partial charge in [0.1, 0.15) is 5.60 Å². The van der Waals surface area contributed by atoms with Gasteiger partial charge in [-0.25, -0.2) is 9.48 Å². The second kappa shape index (κ2) is 8.26. The average Bonchev–Trinajstić information content (AvgIpc) is 3.35. The molecule has 7 nitrogen and oxygen atoms in total. The number of hydrogen-bond acceptors (Lipinski definition) is 5. The largest absolute Gasteiger partial charge is 0.444 e. The Morgan fingerprint density at radius 1 is 1.07 bits per heavy atom. The number of rotatable bonds is 4. The van der Waals surface area contributed by atoms with Crippen LogP contribution in [0.3, 0.4) is 0 Å². The number of nitrogens with zero attached hydrogens (tertiary/aromatic N) is 5. The summed E-state index contributed by atoms with van der Waals surface area (Å²) in [5, 5.41) is 12.4. The summed E-state index contributed by atoms with van der Waals surface area (Å²) in [6, 6.07) is 20.1. The molecule has 1 aliphatic heterocycles. The number of carbonyl (C=O) groups is 1. The molecule has 156 valence electrons. The highest BCUT2D eigenvalue weighted by Gasteiger charge is 2.41. The van der Waals surface area contributed by atoms with Gasteiger partial charge >= 0.3 is 6.09 Å². The predicted molar refractivity (Wildman–Crippen MR) is 113 cm³/mol. The summed E-state index contributed by atoms with van der Waals surface area (Å²) in [6.07, 6.45) is 0.415. The van der Waals surface area contributed by atoms with Crippen LogP contribution in [-0.4, -0.2) is 43.3 Å². The summed E-state index contributed by atoms with van der Waals surface area (Å²) in [4.78, 5) is 14.8. The van der Waals surface area contributed by atoms with Gasteiger partial charge < -0.3 is 4.74 Å². The van der Waals surface area contributed by atoms with Crippen molar-refractivity contribution < 1.29 is 9.53 Å². The minimum Gasteiger partial charge on any atom is -0.444 e. The second-order valence-corrected chi connectivity index (χ2v) is 8.67. The van der Waals surface area contributed by atoms with Gasteiger partial charge in [-0.05, 0) is 48.7 Å². The van der Waals surface area contributed by atoms with Crippen molar-refractivity contribution in [3.63, 3.8) is 0 Å². The lowest BCUT2D eigenvalue weighted by atomic mass is 9.96. The SMILES string of the molecule is CC(C)(C)OC(=O)N1CC(c2ccccc2)CC1c1nnnn1Cc1ccccc1. The summed E-state index contributed by atoms with van der Waals surface area (Å²) in [5.74, 6) is 0.883. The van der Waals surface area contributed by atoms with E-state index in [1.54, 1.807) is 9.58 Å². The third-order valence-corrected chi connectivity index (χ3v) is 5.23. The van der Waals surface area contributed by atoms with E-state index in [2.05, 4.69) is 27.7 Å². The fourth-order valence-electron chi connectivity index (χ4n) is 3.89. The summed E-state index contributed by atoms with van der Waals surface area (Å²) in [5.41, 5.74) is 1.74. The van der Waals surface area contributed by atoms with Gasteiger partial charge in [-0.15, -0.1) is 5.10 Å². The maximum absolute atomic E-state index is 13.0. The van der Waals surface area contributed by atoms with Crippen molar-refractivity contribution in [1.29, 1.82) is 0 Å². The van der Waals surface area contributed by atoms with Crippen LogP contribution >= 0.6 is 0 Å². The van der Waals surface area contributed by atoms with Crippen LogP contribution in [0.15, 0.2) is 60.7 Å². The first-order chi connectivity index (χ1) is 14.4. The molecule has 1 aromatic heterocycles. The maximum atomic E-state index is 13.0. The Kier molecular flexibility index (Phi) is 5.53. The van der Waals surface area contributed by atoms with E-state index in [0.29, 0.717) is 18.9 Å². The van der Waals surface area contributed by atoms with Gasteiger partial charge in [-0.1, -0.05) is 60.7 Å². The van der Waals surface area contributed by atoms with Crippen LogP contribution in [0, 0.1) is 0 Å². The van der Waals surface area contributed by atoms with E-state index in [-0.39, 0.29) is 18.1 Å². The number of tetrazole rings is 1.